The number of esters is 1. The van der Waals surface area contributed by atoms with E-state index >= 15 is 0 Å². The maximum absolute atomic E-state index is 12.2. The van der Waals surface area contributed by atoms with Crippen molar-refractivity contribution in [3.63, 3.8) is 0 Å². The van der Waals surface area contributed by atoms with E-state index in [1.165, 1.54) is 12.3 Å². The highest BCUT2D eigenvalue weighted by Crippen LogP contribution is 2.43. The minimum absolute atomic E-state index is 0.0296. The summed E-state index contributed by atoms with van der Waals surface area (Å²) in [5.41, 5.74) is 6.44. The molecule has 2 aromatic carbocycles. The number of nitrogens with two attached hydrogens (primary N) is 1. The minimum atomic E-state index is -1.23. The van der Waals surface area contributed by atoms with Crippen molar-refractivity contribution in [2.24, 2.45) is 10.7 Å². The van der Waals surface area contributed by atoms with E-state index in [4.69, 9.17) is 10.5 Å². The summed E-state index contributed by atoms with van der Waals surface area (Å²) in [4.78, 5) is 28.1. The van der Waals surface area contributed by atoms with E-state index < -0.39 is 17.4 Å². The Morgan fingerprint density at radius 2 is 2.00 bits per heavy atom. The number of phenolic OH excluding ortho intramolecular Hbond substituents is 1. The van der Waals surface area contributed by atoms with Crippen LogP contribution in [0.5, 0.6) is 5.75 Å². The summed E-state index contributed by atoms with van der Waals surface area (Å²) in [6, 6.07) is 13.0. The van der Waals surface area contributed by atoms with Crippen molar-refractivity contribution in [2.45, 2.75) is 24.5 Å². The van der Waals surface area contributed by atoms with Gasteiger partial charge in [-0.2, -0.15) is 0 Å². The highest BCUT2D eigenvalue weighted by Gasteiger charge is 2.41. The smallest absolute Gasteiger partial charge is 0.323 e. The van der Waals surface area contributed by atoms with Crippen LogP contribution < -0.4 is 5.73 Å². The highest BCUT2D eigenvalue weighted by atomic mass is 16.5. The number of carbonyl (C=O) groups is 2. The molecule has 2 aromatic rings. The molecule has 1 aliphatic heterocycles. The van der Waals surface area contributed by atoms with Crippen molar-refractivity contribution < 1.29 is 19.4 Å². The summed E-state index contributed by atoms with van der Waals surface area (Å²) in [6.45, 7) is 0.109. The Bertz CT molecular complexity index is 819. The number of benzene rings is 2. The molecule has 3 rings (SSSR count). The second-order valence-electron chi connectivity index (χ2n) is 5.99. The molecule has 25 heavy (non-hydrogen) atoms. The second kappa shape index (κ2) is 6.86. The van der Waals surface area contributed by atoms with Crippen LogP contribution in [0, 0.1) is 0 Å². The predicted octanol–water partition coefficient (Wildman–Crippen LogP) is 2.01. The zero-order chi connectivity index (χ0) is 17.9. The molecule has 128 valence electrons. The highest BCUT2D eigenvalue weighted by molar-refractivity contribution is 6.02. The lowest BCUT2D eigenvalue weighted by Crippen LogP contribution is -2.41. The number of hydrogen-bond acceptors (Lipinski definition) is 6. The monoisotopic (exact) mass is 338 g/mol. The zero-order valence-corrected chi connectivity index (χ0v) is 13.5. The molecule has 1 aliphatic rings. The summed E-state index contributed by atoms with van der Waals surface area (Å²) < 4.78 is 5.22. The normalized spacial score (nSPS) is 19.2. The quantitative estimate of drug-likeness (QED) is 0.619. The van der Waals surface area contributed by atoms with Gasteiger partial charge in [-0.05, 0) is 24.1 Å². The van der Waals surface area contributed by atoms with E-state index in [1.54, 1.807) is 12.1 Å². The van der Waals surface area contributed by atoms with Gasteiger partial charge in [-0.15, -0.1) is 0 Å². The zero-order valence-electron chi connectivity index (χ0n) is 13.5. The van der Waals surface area contributed by atoms with Crippen LogP contribution in [-0.2, 0) is 26.3 Å². The van der Waals surface area contributed by atoms with Crippen LogP contribution in [-0.4, -0.2) is 29.6 Å². The third-order valence-corrected chi connectivity index (χ3v) is 4.21. The van der Waals surface area contributed by atoms with Crippen LogP contribution in [0.2, 0.25) is 0 Å². The minimum Gasteiger partial charge on any atom is -0.508 e. The van der Waals surface area contributed by atoms with Crippen molar-refractivity contribution >= 4 is 24.2 Å². The number of aliphatic imine (C=N–C) groups is 1. The Balaban J connectivity index is 1.72. The third kappa shape index (κ3) is 3.29. The number of hydrogen-bond donors (Lipinski definition) is 2. The van der Waals surface area contributed by atoms with Crippen molar-refractivity contribution in [3.8, 4) is 5.75 Å². The number of fused-ring (bicyclic) bond motifs is 1. The maximum Gasteiger partial charge on any atom is 0.323 e. The van der Waals surface area contributed by atoms with Crippen molar-refractivity contribution in [1.82, 2.24) is 0 Å². The van der Waals surface area contributed by atoms with Gasteiger partial charge in [-0.1, -0.05) is 36.4 Å². The first-order valence-corrected chi connectivity index (χ1v) is 7.86. The molecular formula is C19H18N2O4. The van der Waals surface area contributed by atoms with Crippen molar-refractivity contribution in [3.05, 3.63) is 59.7 Å². The molecule has 2 atom stereocenters. The Kier molecular flexibility index (Phi) is 4.63. The lowest BCUT2D eigenvalue weighted by Gasteiger charge is -2.24. The first-order chi connectivity index (χ1) is 12.1. The number of phenols is 1. The summed E-state index contributed by atoms with van der Waals surface area (Å²) in [6.07, 6.45) is 2.05. The standard InChI is InChI=1S/C19H18N2O4/c20-14(18(24)25-10-13-5-2-1-3-6-13)9-19(12-22)11-21-15-7-4-8-16(23)17(15)19/h1-8,11-12,14,23H,9-10,20H2. The molecule has 0 bridgehead atoms. The van der Waals surface area contributed by atoms with Crippen LogP contribution in [0.4, 0.5) is 5.69 Å². The summed E-state index contributed by atoms with van der Waals surface area (Å²) in [5, 5.41) is 10.1. The molecule has 0 fully saturated rings. The van der Waals surface area contributed by atoms with E-state index in [-0.39, 0.29) is 18.8 Å². The van der Waals surface area contributed by atoms with Crippen LogP contribution in [0.3, 0.4) is 0 Å². The molecule has 1 heterocycles. The van der Waals surface area contributed by atoms with Crippen LogP contribution in [0.1, 0.15) is 17.5 Å². The van der Waals surface area contributed by atoms with E-state index in [1.807, 2.05) is 30.3 Å². The lowest BCUT2D eigenvalue weighted by atomic mass is 9.78. The van der Waals surface area contributed by atoms with E-state index in [9.17, 15) is 14.7 Å². The maximum atomic E-state index is 12.2. The molecule has 6 heteroatoms. The Labute approximate surface area is 145 Å². The Morgan fingerprint density at radius 1 is 1.24 bits per heavy atom. The molecule has 0 saturated heterocycles. The number of rotatable bonds is 6. The van der Waals surface area contributed by atoms with Gasteiger partial charge >= 0.3 is 5.97 Å². The molecule has 0 radical (unpaired) electrons. The van der Waals surface area contributed by atoms with Gasteiger partial charge in [-0.25, -0.2) is 0 Å². The van der Waals surface area contributed by atoms with Crippen molar-refractivity contribution in [1.29, 1.82) is 0 Å². The second-order valence-corrected chi connectivity index (χ2v) is 5.99. The number of aromatic hydroxyl groups is 1. The molecule has 0 spiro atoms. The number of nitrogens with zero attached hydrogens (tertiary/aromatic N) is 1. The Morgan fingerprint density at radius 3 is 2.72 bits per heavy atom. The molecular weight excluding hydrogens is 320 g/mol. The van der Waals surface area contributed by atoms with Gasteiger partial charge in [0.05, 0.1) is 11.1 Å². The average Bonchev–Trinajstić information content (AvgIpc) is 3.01. The number of carbonyl (C=O) groups excluding carboxylic acids is 2. The van der Waals surface area contributed by atoms with Gasteiger partial charge in [0.15, 0.2) is 0 Å². The fourth-order valence-corrected chi connectivity index (χ4v) is 2.94. The van der Waals surface area contributed by atoms with Gasteiger partial charge in [0, 0.05) is 11.8 Å². The van der Waals surface area contributed by atoms with Gasteiger partial charge in [0.1, 0.15) is 24.7 Å². The topological polar surface area (TPSA) is 102 Å². The summed E-state index contributed by atoms with van der Waals surface area (Å²) in [7, 11) is 0. The van der Waals surface area contributed by atoms with Crippen molar-refractivity contribution in [2.75, 3.05) is 0 Å². The van der Waals surface area contributed by atoms with Crippen LogP contribution >= 0.6 is 0 Å². The number of ether oxygens (including phenoxy) is 1. The lowest BCUT2D eigenvalue weighted by molar-refractivity contribution is -0.146. The molecule has 3 N–H and O–H groups in total. The Hall–Kier alpha value is -2.99. The van der Waals surface area contributed by atoms with Gasteiger partial charge < -0.3 is 20.4 Å². The molecule has 2 unspecified atom stereocenters. The fourth-order valence-electron chi connectivity index (χ4n) is 2.94. The van der Waals surface area contributed by atoms with E-state index in [0.29, 0.717) is 17.5 Å². The van der Waals surface area contributed by atoms with Gasteiger partial charge in [0.25, 0.3) is 0 Å². The van der Waals surface area contributed by atoms with Crippen LogP contribution in [0.25, 0.3) is 0 Å². The van der Waals surface area contributed by atoms with Gasteiger partial charge in [0.2, 0.25) is 0 Å². The predicted molar refractivity (Wildman–Crippen MR) is 92.8 cm³/mol. The molecule has 6 nitrogen and oxygen atoms in total. The van der Waals surface area contributed by atoms with Crippen LogP contribution in [0.15, 0.2) is 53.5 Å². The first-order valence-electron chi connectivity index (χ1n) is 7.86. The molecule has 0 aromatic heterocycles. The fraction of sp³-hybridized carbons (Fsp3) is 0.211. The molecule has 0 amide bonds. The van der Waals surface area contributed by atoms with E-state index in [2.05, 4.69) is 4.99 Å². The third-order valence-electron chi connectivity index (χ3n) is 4.21. The SMILES string of the molecule is NC(CC1(C=O)C=Nc2cccc(O)c21)C(=O)OCc1ccccc1. The molecule has 0 saturated carbocycles. The number of aldehydes is 1. The first kappa shape index (κ1) is 16.9. The largest absolute Gasteiger partial charge is 0.508 e. The summed E-state index contributed by atoms with van der Waals surface area (Å²) >= 11 is 0. The summed E-state index contributed by atoms with van der Waals surface area (Å²) in [5.74, 6) is -0.658. The van der Waals surface area contributed by atoms with E-state index in [0.717, 1.165) is 5.56 Å². The molecule has 0 aliphatic carbocycles. The van der Waals surface area contributed by atoms with Gasteiger partial charge in [-0.3, -0.25) is 9.79 Å². The average molecular weight is 338 g/mol.